The van der Waals surface area contributed by atoms with Gasteiger partial charge in [-0.15, -0.1) is 0 Å². The van der Waals surface area contributed by atoms with Gasteiger partial charge in [-0.3, -0.25) is 24.5 Å². The first-order chi connectivity index (χ1) is 18.4. The number of likely N-dealkylation sites (tertiary alicyclic amines) is 1. The lowest BCUT2D eigenvalue weighted by atomic mass is 10.0. The molecule has 2 atom stereocenters. The van der Waals surface area contributed by atoms with Crippen LogP contribution in [-0.4, -0.2) is 58.7 Å². The van der Waals surface area contributed by atoms with Crippen LogP contribution in [0.5, 0.6) is 5.75 Å². The van der Waals surface area contributed by atoms with Crippen LogP contribution in [-0.2, 0) is 27.3 Å². The molecule has 0 aliphatic carbocycles. The van der Waals surface area contributed by atoms with Gasteiger partial charge in [-0.25, -0.2) is 0 Å². The molecule has 3 heterocycles. The van der Waals surface area contributed by atoms with Crippen molar-refractivity contribution in [3.05, 3.63) is 64.7 Å². The molecule has 2 saturated heterocycles. The lowest BCUT2D eigenvalue weighted by Gasteiger charge is -2.35. The van der Waals surface area contributed by atoms with E-state index in [9.17, 15) is 19.2 Å². The van der Waals surface area contributed by atoms with Crippen LogP contribution in [0.3, 0.4) is 0 Å². The highest BCUT2D eigenvalue weighted by Gasteiger charge is 2.39. The number of hydrogen-bond acceptors (Lipinski definition) is 6. The summed E-state index contributed by atoms with van der Waals surface area (Å²) in [6.07, 6.45) is 4.44. The molecule has 9 nitrogen and oxygen atoms in total. The van der Waals surface area contributed by atoms with Gasteiger partial charge < -0.3 is 14.5 Å². The van der Waals surface area contributed by atoms with Gasteiger partial charge in [0, 0.05) is 31.5 Å². The molecule has 0 saturated carbocycles. The first-order valence-corrected chi connectivity index (χ1v) is 13.1. The number of aryl methyl sites for hydroxylation is 1. The summed E-state index contributed by atoms with van der Waals surface area (Å²) in [5.74, 6) is -0.234. The highest BCUT2D eigenvalue weighted by molar-refractivity contribution is 6.05. The standard InChI is InChI=1S/C29H30N4O5/c30-16-20-6-4-19(5-7-20)8-13-27(35)32-14-2-1-3-22(32)18-38-23-9-10-24-21(15-23)17-33(29(24)37)25-11-12-26(34)31-28(25)36/h4-7,9-10,15,22,25H,1-3,8,11-14,17-18H2,(H,31,34,36)/t22-,25?/m1/s1. The fourth-order valence-corrected chi connectivity index (χ4v) is 5.48. The SMILES string of the molecule is N#Cc1ccc(CCC(=O)N2CCCC[C@@H]2COc2ccc3c(c2)CN(C2CCC(=O)NC2=O)C3=O)cc1. The molecule has 38 heavy (non-hydrogen) atoms. The number of fused-ring (bicyclic) bond motifs is 1. The first kappa shape index (κ1) is 25.5. The summed E-state index contributed by atoms with van der Waals surface area (Å²) < 4.78 is 6.11. The van der Waals surface area contributed by atoms with Gasteiger partial charge in [0.25, 0.3) is 5.91 Å². The van der Waals surface area contributed by atoms with E-state index in [0.717, 1.165) is 30.4 Å². The number of amides is 4. The molecule has 0 bridgehead atoms. The predicted molar refractivity (Wildman–Crippen MR) is 137 cm³/mol. The normalized spacial score (nSPS) is 21.1. The van der Waals surface area contributed by atoms with E-state index in [-0.39, 0.29) is 30.2 Å². The smallest absolute Gasteiger partial charge is 0.255 e. The van der Waals surface area contributed by atoms with Gasteiger partial charge >= 0.3 is 0 Å². The maximum atomic E-state index is 13.1. The Hall–Kier alpha value is -4.19. The van der Waals surface area contributed by atoms with Crippen LogP contribution in [0.25, 0.3) is 0 Å². The van der Waals surface area contributed by atoms with Gasteiger partial charge in [0.2, 0.25) is 17.7 Å². The number of carbonyl (C=O) groups is 4. The van der Waals surface area contributed by atoms with Crippen molar-refractivity contribution in [3.63, 3.8) is 0 Å². The summed E-state index contributed by atoms with van der Waals surface area (Å²) in [7, 11) is 0. The van der Waals surface area contributed by atoms with E-state index in [1.165, 1.54) is 4.90 Å². The molecule has 0 radical (unpaired) electrons. The molecule has 3 aliphatic rings. The molecule has 0 aromatic heterocycles. The van der Waals surface area contributed by atoms with Crippen LogP contribution in [0.2, 0.25) is 0 Å². The van der Waals surface area contributed by atoms with Crippen molar-refractivity contribution in [2.75, 3.05) is 13.2 Å². The van der Waals surface area contributed by atoms with Crippen molar-refractivity contribution in [1.29, 1.82) is 5.26 Å². The highest BCUT2D eigenvalue weighted by Crippen LogP contribution is 2.30. The molecule has 1 N–H and O–H groups in total. The zero-order chi connectivity index (χ0) is 26.6. The third-order valence-electron chi connectivity index (χ3n) is 7.60. The van der Waals surface area contributed by atoms with Crippen LogP contribution in [0.4, 0.5) is 0 Å². The Morgan fingerprint density at radius 3 is 2.66 bits per heavy atom. The van der Waals surface area contributed by atoms with Crippen molar-refractivity contribution in [2.45, 2.75) is 63.6 Å². The lowest BCUT2D eigenvalue weighted by Crippen LogP contribution is -2.52. The summed E-state index contributed by atoms with van der Waals surface area (Å²) in [5.41, 5.74) is 2.96. The second-order valence-electron chi connectivity index (χ2n) is 10.1. The van der Waals surface area contributed by atoms with Crippen LogP contribution < -0.4 is 10.1 Å². The second-order valence-corrected chi connectivity index (χ2v) is 10.1. The highest BCUT2D eigenvalue weighted by atomic mass is 16.5. The molecular weight excluding hydrogens is 484 g/mol. The average Bonchev–Trinajstić information content (AvgIpc) is 3.26. The van der Waals surface area contributed by atoms with Gasteiger partial charge in [0.15, 0.2) is 0 Å². The lowest BCUT2D eigenvalue weighted by molar-refractivity contribution is -0.137. The minimum absolute atomic E-state index is 0.0212. The van der Waals surface area contributed by atoms with Crippen LogP contribution in [0, 0.1) is 11.3 Å². The maximum absolute atomic E-state index is 13.1. The van der Waals surface area contributed by atoms with E-state index in [1.54, 1.807) is 24.3 Å². The quantitative estimate of drug-likeness (QED) is 0.568. The summed E-state index contributed by atoms with van der Waals surface area (Å²) >= 11 is 0. The number of ether oxygens (including phenoxy) is 1. The molecule has 9 heteroatoms. The molecule has 196 valence electrons. The topological polar surface area (TPSA) is 120 Å². The minimum atomic E-state index is -0.650. The number of nitrogens with one attached hydrogen (secondary N) is 1. The number of nitriles is 1. The van der Waals surface area contributed by atoms with E-state index in [1.807, 2.05) is 23.1 Å². The fraction of sp³-hybridized carbons (Fsp3) is 0.414. The Morgan fingerprint density at radius 2 is 1.89 bits per heavy atom. The third-order valence-corrected chi connectivity index (χ3v) is 7.60. The Labute approximate surface area is 221 Å². The van der Waals surface area contributed by atoms with Gasteiger partial charge in [-0.05, 0) is 73.6 Å². The summed E-state index contributed by atoms with van der Waals surface area (Å²) in [4.78, 5) is 53.2. The van der Waals surface area contributed by atoms with E-state index in [4.69, 9.17) is 10.00 Å². The van der Waals surface area contributed by atoms with Crippen molar-refractivity contribution >= 4 is 23.6 Å². The number of benzene rings is 2. The maximum Gasteiger partial charge on any atom is 0.255 e. The molecule has 0 spiro atoms. The van der Waals surface area contributed by atoms with Gasteiger partial charge in [0.1, 0.15) is 18.4 Å². The van der Waals surface area contributed by atoms with Crippen LogP contribution in [0.1, 0.15) is 65.6 Å². The Balaban J connectivity index is 1.18. The summed E-state index contributed by atoms with van der Waals surface area (Å²) in [6, 6.07) is 14.1. The molecule has 4 amide bonds. The molecular formula is C29H30N4O5. The predicted octanol–water partition coefficient (Wildman–Crippen LogP) is 2.71. The minimum Gasteiger partial charge on any atom is -0.491 e. The van der Waals surface area contributed by atoms with E-state index < -0.39 is 11.9 Å². The van der Waals surface area contributed by atoms with E-state index >= 15 is 0 Å². The zero-order valence-corrected chi connectivity index (χ0v) is 21.2. The molecule has 2 aromatic carbocycles. The average molecular weight is 515 g/mol. The van der Waals surface area contributed by atoms with Crippen molar-refractivity contribution in [2.24, 2.45) is 0 Å². The van der Waals surface area contributed by atoms with Gasteiger partial charge in [-0.2, -0.15) is 5.26 Å². The Bertz CT molecular complexity index is 1300. The Kier molecular flexibility index (Phi) is 7.40. The number of nitrogens with zero attached hydrogens (tertiary/aromatic N) is 3. The number of piperidine rings is 2. The zero-order valence-electron chi connectivity index (χ0n) is 21.2. The monoisotopic (exact) mass is 514 g/mol. The van der Waals surface area contributed by atoms with E-state index in [2.05, 4.69) is 11.4 Å². The van der Waals surface area contributed by atoms with Gasteiger partial charge in [0.05, 0.1) is 17.7 Å². The van der Waals surface area contributed by atoms with E-state index in [0.29, 0.717) is 55.8 Å². The Morgan fingerprint density at radius 1 is 1.08 bits per heavy atom. The summed E-state index contributed by atoms with van der Waals surface area (Å²) in [6.45, 7) is 1.37. The molecule has 2 fully saturated rings. The van der Waals surface area contributed by atoms with Crippen molar-refractivity contribution < 1.29 is 23.9 Å². The largest absolute Gasteiger partial charge is 0.491 e. The number of rotatable bonds is 7. The van der Waals surface area contributed by atoms with Crippen LogP contribution in [0.15, 0.2) is 42.5 Å². The van der Waals surface area contributed by atoms with Gasteiger partial charge in [-0.1, -0.05) is 12.1 Å². The first-order valence-electron chi connectivity index (χ1n) is 13.1. The molecule has 1 unspecified atom stereocenters. The molecule has 3 aliphatic heterocycles. The van der Waals surface area contributed by atoms with Crippen molar-refractivity contribution in [1.82, 2.24) is 15.1 Å². The molecule has 5 rings (SSSR count). The van der Waals surface area contributed by atoms with Crippen LogP contribution >= 0.6 is 0 Å². The van der Waals surface area contributed by atoms with Crippen molar-refractivity contribution in [3.8, 4) is 11.8 Å². The number of imide groups is 1. The fourth-order valence-electron chi connectivity index (χ4n) is 5.48. The summed E-state index contributed by atoms with van der Waals surface area (Å²) in [5, 5.41) is 11.3. The number of carbonyl (C=O) groups excluding carboxylic acids is 4. The second kappa shape index (κ2) is 11.1. The molecule has 2 aromatic rings. The number of hydrogen-bond donors (Lipinski definition) is 1. The third kappa shape index (κ3) is 5.40.